The van der Waals surface area contributed by atoms with Gasteiger partial charge >= 0.3 is 5.97 Å². The van der Waals surface area contributed by atoms with Crippen molar-refractivity contribution >= 4 is 28.3 Å². The molecule has 2 rings (SSSR count). The Morgan fingerprint density at radius 1 is 1.09 bits per heavy atom. The third-order valence-electron chi connectivity index (χ3n) is 3.85. The van der Waals surface area contributed by atoms with Gasteiger partial charge in [-0.25, -0.2) is 4.79 Å². The van der Waals surface area contributed by atoms with Gasteiger partial charge in [-0.1, -0.05) is 38.1 Å². The summed E-state index contributed by atoms with van der Waals surface area (Å²) in [5.41, 5.74) is 0.708. The molecule has 2 aromatic rings. The van der Waals surface area contributed by atoms with E-state index in [0.717, 1.165) is 23.6 Å². The second-order valence-electron chi connectivity index (χ2n) is 5.34. The predicted octanol–water partition coefficient (Wildman–Crippen LogP) is 3.68. The molecule has 0 fully saturated rings. The molecule has 5 nitrogen and oxygen atoms in total. The number of carbonyl (C=O) groups is 2. The highest BCUT2D eigenvalue weighted by atomic mass is 16.5. The quantitative estimate of drug-likeness (QED) is 0.817. The summed E-state index contributed by atoms with van der Waals surface area (Å²) in [5.74, 6) is -0.556. The van der Waals surface area contributed by atoms with Crippen LogP contribution in [0.2, 0.25) is 0 Å². The van der Waals surface area contributed by atoms with E-state index in [1.54, 1.807) is 12.1 Å². The van der Waals surface area contributed by atoms with E-state index in [0.29, 0.717) is 11.4 Å². The first-order valence-corrected chi connectivity index (χ1v) is 7.74. The molecular formula is C18H21NO4. The highest BCUT2D eigenvalue weighted by Crippen LogP contribution is 2.32. The zero-order valence-corrected chi connectivity index (χ0v) is 13.3. The Bertz CT molecular complexity index is 707. The van der Waals surface area contributed by atoms with Crippen LogP contribution in [-0.4, -0.2) is 23.6 Å². The smallest absolute Gasteiger partial charge is 0.341 e. The molecule has 0 radical (unpaired) electrons. The Morgan fingerprint density at radius 3 is 2.35 bits per heavy atom. The van der Waals surface area contributed by atoms with E-state index in [1.807, 2.05) is 38.1 Å². The van der Waals surface area contributed by atoms with Crippen molar-refractivity contribution in [2.75, 3.05) is 11.9 Å². The molecule has 0 aromatic heterocycles. The highest BCUT2D eigenvalue weighted by Gasteiger charge is 2.16. The maximum atomic E-state index is 12.3. The summed E-state index contributed by atoms with van der Waals surface area (Å²) in [6.07, 6.45) is 1.58. The van der Waals surface area contributed by atoms with Crippen LogP contribution in [0.3, 0.4) is 0 Å². The lowest BCUT2D eigenvalue weighted by molar-refractivity contribution is -0.139. The van der Waals surface area contributed by atoms with Gasteiger partial charge in [-0.15, -0.1) is 0 Å². The van der Waals surface area contributed by atoms with Crippen LogP contribution in [0.25, 0.3) is 10.8 Å². The molecule has 2 N–H and O–H groups in total. The van der Waals surface area contributed by atoms with Crippen LogP contribution in [0, 0.1) is 5.92 Å². The van der Waals surface area contributed by atoms with Crippen molar-refractivity contribution in [2.45, 2.75) is 26.7 Å². The summed E-state index contributed by atoms with van der Waals surface area (Å²) < 4.78 is 5.32. The first-order valence-electron chi connectivity index (χ1n) is 7.74. The zero-order chi connectivity index (χ0) is 16.8. The molecule has 0 saturated heterocycles. The lowest BCUT2D eigenvalue weighted by Gasteiger charge is -2.16. The molecule has 0 aliphatic carbocycles. The minimum Gasteiger partial charge on any atom is -0.481 e. The van der Waals surface area contributed by atoms with E-state index in [1.165, 1.54) is 0 Å². The maximum Gasteiger partial charge on any atom is 0.341 e. The number of anilines is 1. The van der Waals surface area contributed by atoms with Crippen LogP contribution in [0.5, 0.6) is 5.75 Å². The summed E-state index contributed by atoms with van der Waals surface area (Å²) in [7, 11) is 0. The van der Waals surface area contributed by atoms with Crippen LogP contribution < -0.4 is 10.1 Å². The number of aliphatic carboxylic acids is 1. The number of benzene rings is 2. The van der Waals surface area contributed by atoms with Gasteiger partial charge < -0.3 is 15.2 Å². The van der Waals surface area contributed by atoms with Gasteiger partial charge in [0.15, 0.2) is 6.61 Å². The third kappa shape index (κ3) is 4.00. The van der Waals surface area contributed by atoms with Crippen molar-refractivity contribution in [3.8, 4) is 5.75 Å². The molecule has 23 heavy (non-hydrogen) atoms. The number of nitrogens with one attached hydrogen (secondary N) is 1. The van der Waals surface area contributed by atoms with Crippen molar-refractivity contribution in [1.82, 2.24) is 0 Å². The molecule has 0 aliphatic rings. The predicted molar refractivity (Wildman–Crippen MR) is 89.8 cm³/mol. The Kier molecular flexibility index (Phi) is 5.57. The molecule has 0 atom stereocenters. The number of amides is 1. The van der Waals surface area contributed by atoms with Gasteiger partial charge in [0.05, 0.1) is 0 Å². The summed E-state index contributed by atoms with van der Waals surface area (Å²) in [6.45, 7) is 3.59. The van der Waals surface area contributed by atoms with Crippen LogP contribution in [0.1, 0.15) is 26.7 Å². The number of hydrogen-bond acceptors (Lipinski definition) is 3. The van der Waals surface area contributed by atoms with E-state index < -0.39 is 12.6 Å². The van der Waals surface area contributed by atoms with Gasteiger partial charge in [0.1, 0.15) is 5.75 Å². The van der Waals surface area contributed by atoms with Gasteiger partial charge in [-0.2, -0.15) is 0 Å². The van der Waals surface area contributed by atoms with Gasteiger partial charge in [0.2, 0.25) is 5.91 Å². The Balaban J connectivity index is 2.34. The van der Waals surface area contributed by atoms with Crippen molar-refractivity contribution in [1.29, 1.82) is 0 Å². The SMILES string of the molecule is CCC(CC)C(=O)Nc1ccc(OCC(=O)O)c2ccccc12. The van der Waals surface area contributed by atoms with Crippen LogP contribution >= 0.6 is 0 Å². The topological polar surface area (TPSA) is 75.6 Å². The number of hydrogen-bond donors (Lipinski definition) is 2. The molecule has 0 unspecified atom stereocenters. The Morgan fingerprint density at radius 2 is 1.74 bits per heavy atom. The minimum atomic E-state index is -1.03. The second-order valence-corrected chi connectivity index (χ2v) is 5.34. The van der Waals surface area contributed by atoms with Gasteiger partial charge in [-0.3, -0.25) is 4.79 Å². The van der Waals surface area contributed by atoms with E-state index in [2.05, 4.69) is 5.32 Å². The molecule has 2 aromatic carbocycles. The molecule has 0 spiro atoms. The zero-order valence-electron chi connectivity index (χ0n) is 13.3. The molecule has 0 heterocycles. The Labute approximate surface area is 135 Å². The second kappa shape index (κ2) is 7.63. The van der Waals surface area contributed by atoms with Crippen LogP contribution in [0.4, 0.5) is 5.69 Å². The van der Waals surface area contributed by atoms with Crippen LogP contribution in [-0.2, 0) is 9.59 Å². The Hall–Kier alpha value is -2.56. The van der Waals surface area contributed by atoms with Gasteiger partial charge in [0.25, 0.3) is 0 Å². The average Bonchev–Trinajstić information content (AvgIpc) is 2.55. The van der Waals surface area contributed by atoms with E-state index in [-0.39, 0.29) is 11.8 Å². The first-order chi connectivity index (χ1) is 11.1. The van der Waals surface area contributed by atoms with Crippen molar-refractivity contribution in [2.24, 2.45) is 5.92 Å². The van der Waals surface area contributed by atoms with Crippen LogP contribution in [0.15, 0.2) is 36.4 Å². The van der Waals surface area contributed by atoms with Crippen molar-refractivity contribution in [3.05, 3.63) is 36.4 Å². The fourth-order valence-corrected chi connectivity index (χ4v) is 2.54. The summed E-state index contributed by atoms with van der Waals surface area (Å²) >= 11 is 0. The van der Waals surface area contributed by atoms with Crippen molar-refractivity contribution < 1.29 is 19.4 Å². The van der Waals surface area contributed by atoms with E-state index >= 15 is 0 Å². The lowest BCUT2D eigenvalue weighted by atomic mass is 10.0. The number of rotatable bonds is 7. The highest BCUT2D eigenvalue weighted by molar-refractivity contribution is 6.04. The number of ether oxygens (including phenoxy) is 1. The number of carboxylic acids is 1. The fraction of sp³-hybridized carbons (Fsp3) is 0.333. The summed E-state index contributed by atoms with van der Waals surface area (Å²) in [5, 5.41) is 13.3. The normalized spacial score (nSPS) is 10.7. The maximum absolute atomic E-state index is 12.3. The first kappa shape index (κ1) is 16.8. The largest absolute Gasteiger partial charge is 0.481 e. The number of carboxylic acid groups (broad SMARTS) is 1. The van der Waals surface area contributed by atoms with E-state index in [9.17, 15) is 9.59 Å². The van der Waals surface area contributed by atoms with E-state index in [4.69, 9.17) is 9.84 Å². The molecule has 1 amide bonds. The molecule has 0 saturated carbocycles. The average molecular weight is 315 g/mol. The monoisotopic (exact) mass is 315 g/mol. The minimum absolute atomic E-state index is 0.000595. The molecule has 0 aliphatic heterocycles. The summed E-state index contributed by atoms with van der Waals surface area (Å²) in [6, 6.07) is 10.9. The van der Waals surface area contributed by atoms with Gasteiger partial charge in [0, 0.05) is 22.4 Å². The number of fused-ring (bicyclic) bond motifs is 1. The fourth-order valence-electron chi connectivity index (χ4n) is 2.54. The standard InChI is InChI=1S/C18H21NO4/c1-3-12(4-2)18(22)19-15-9-10-16(23-11-17(20)21)14-8-6-5-7-13(14)15/h5-10,12H,3-4,11H2,1-2H3,(H,19,22)(H,20,21). The lowest BCUT2D eigenvalue weighted by Crippen LogP contribution is -2.21. The number of carbonyl (C=O) groups excluding carboxylic acids is 1. The molecular weight excluding hydrogens is 294 g/mol. The molecule has 122 valence electrons. The summed E-state index contributed by atoms with van der Waals surface area (Å²) in [4.78, 5) is 23.0. The molecule has 5 heteroatoms. The van der Waals surface area contributed by atoms with Gasteiger partial charge in [-0.05, 0) is 25.0 Å². The third-order valence-corrected chi connectivity index (χ3v) is 3.85. The van der Waals surface area contributed by atoms with Crippen molar-refractivity contribution in [3.63, 3.8) is 0 Å². The molecule has 0 bridgehead atoms.